The highest BCUT2D eigenvalue weighted by molar-refractivity contribution is 9.10. The van der Waals surface area contributed by atoms with E-state index in [0.29, 0.717) is 6.04 Å². The molecule has 114 valence electrons. The Morgan fingerprint density at radius 3 is 2.76 bits per heavy atom. The summed E-state index contributed by atoms with van der Waals surface area (Å²) in [5.41, 5.74) is 2.52. The summed E-state index contributed by atoms with van der Waals surface area (Å²) in [5, 5.41) is 5.79. The Bertz CT molecular complexity index is 582. The molecule has 1 aromatic carbocycles. The number of ether oxygens (including phenoxy) is 1. The molecule has 0 bridgehead atoms. The van der Waals surface area contributed by atoms with Crippen LogP contribution in [0.25, 0.3) is 0 Å². The molecule has 21 heavy (non-hydrogen) atoms. The second-order valence-electron chi connectivity index (χ2n) is 5.16. The summed E-state index contributed by atoms with van der Waals surface area (Å²) in [6, 6.07) is 8.81. The van der Waals surface area contributed by atoms with Crippen molar-refractivity contribution >= 4 is 27.3 Å². The van der Waals surface area contributed by atoms with Crippen LogP contribution in [-0.4, -0.2) is 13.7 Å². The van der Waals surface area contributed by atoms with Crippen molar-refractivity contribution in [2.75, 3.05) is 13.7 Å². The molecule has 2 rings (SSSR count). The third-order valence-electron chi connectivity index (χ3n) is 3.46. The van der Waals surface area contributed by atoms with Gasteiger partial charge in [-0.25, -0.2) is 0 Å². The highest BCUT2D eigenvalue weighted by Gasteiger charge is 2.18. The normalized spacial score (nSPS) is 12.4. The molecule has 0 fully saturated rings. The highest BCUT2D eigenvalue weighted by Crippen LogP contribution is 2.33. The van der Waals surface area contributed by atoms with Crippen LogP contribution in [0, 0.1) is 6.92 Å². The van der Waals surface area contributed by atoms with Crippen LogP contribution in [0.5, 0.6) is 5.75 Å². The van der Waals surface area contributed by atoms with Gasteiger partial charge in [0.15, 0.2) is 0 Å². The van der Waals surface area contributed by atoms with Crippen LogP contribution in [0.15, 0.2) is 34.1 Å². The van der Waals surface area contributed by atoms with Crippen LogP contribution in [0.3, 0.4) is 0 Å². The van der Waals surface area contributed by atoms with Crippen LogP contribution >= 0.6 is 27.3 Å². The van der Waals surface area contributed by atoms with Crippen LogP contribution in [-0.2, 0) is 6.42 Å². The lowest BCUT2D eigenvalue weighted by Gasteiger charge is -2.20. The van der Waals surface area contributed by atoms with E-state index >= 15 is 0 Å². The monoisotopic (exact) mass is 367 g/mol. The van der Waals surface area contributed by atoms with E-state index in [0.717, 1.165) is 25.1 Å². The largest absolute Gasteiger partial charge is 0.496 e. The number of aryl methyl sites for hydroxylation is 1. The molecular weight excluding hydrogens is 346 g/mol. The minimum atomic E-state index is 0.315. The van der Waals surface area contributed by atoms with E-state index in [1.165, 1.54) is 20.5 Å². The maximum Gasteiger partial charge on any atom is 0.122 e. The standard InChI is InChI=1S/C17H22BrNOS/c1-4-8-19-15(17-14(18)7-9-21-17)11-13-10-12(2)5-6-16(13)20-3/h5-7,9-10,15,19H,4,8,11H2,1-3H3. The Morgan fingerprint density at radius 1 is 1.33 bits per heavy atom. The van der Waals surface area contributed by atoms with E-state index in [2.05, 4.69) is 64.7 Å². The third kappa shape index (κ3) is 4.31. The van der Waals surface area contributed by atoms with Gasteiger partial charge in [0.05, 0.1) is 7.11 Å². The predicted octanol–water partition coefficient (Wildman–Crippen LogP) is 5.11. The van der Waals surface area contributed by atoms with Crippen molar-refractivity contribution in [2.24, 2.45) is 0 Å². The van der Waals surface area contributed by atoms with Gasteiger partial charge in [0.2, 0.25) is 0 Å². The fourth-order valence-corrected chi connectivity index (χ4v) is 4.14. The van der Waals surface area contributed by atoms with Crippen molar-refractivity contribution in [2.45, 2.75) is 32.7 Å². The molecule has 2 aromatic rings. The van der Waals surface area contributed by atoms with Crippen molar-refractivity contribution in [3.63, 3.8) is 0 Å². The average Bonchev–Trinajstić information content (AvgIpc) is 2.90. The number of benzene rings is 1. The summed E-state index contributed by atoms with van der Waals surface area (Å²) in [7, 11) is 1.74. The fourth-order valence-electron chi connectivity index (χ4n) is 2.42. The molecule has 1 aromatic heterocycles. The molecule has 0 aliphatic heterocycles. The van der Waals surface area contributed by atoms with E-state index in [4.69, 9.17) is 4.74 Å². The number of halogens is 1. The van der Waals surface area contributed by atoms with E-state index in [1.54, 1.807) is 18.4 Å². The molecule has 0 spiro atoms. The zero-order valence-electron chi connectivity index (χ0n) is 12.8. The molecule has 0 radical (unpaired) electrons. The van der Waals surface area contributed by atoms with Crippen molar-refractivity contribution in [3.8, 4) is 5.75 Å². The van der Waals surface area contributed by atoms with E-state index in [9.17, 15) is 0 Å². The highest BCUT2D eigenvalue weighted by atomic mass is 79.9. The van der Waals surface area contributed by atoms with Gasteiger partial charge in [0, 0.05) is 15.4 Å². The van der Waals surface area contributed by atoms with Crippen molar-refractivity contribution in [1.29, 1.82) is 0 Å². The summed E-state index contributed by atoms with van der Waals surface area (Å²) in [4.78, 5) is 1.35. The Labute approximate surface area is 139 Å². The Morgan fingerprint density at radius 2 is 2.14 bits per heavy atom. The Balaban J connectivity index is 2.26. The van der Waals surface area contributed by atoms with Crippen LogP contribution in [0.1, 0.15) is 35.4 Å². The fraction of sp³-hybridized carbons (Fsp3) is 0.412. The number of methoxy groups -OCH3 is 1. The van der Waals surface area contributed by atoms with Crippen LogP contribution in [0.2, 0.25) is 0 Å². The topological polar surface area (TPSA) is 21.3 Å². The van der Waals surface area contributed by atoms with Gasteiger partial charge in [0.25, 0.3) is 0 Å². The maximum atomic E-state index is 5.52. The quantitative estimate of drug-likeness (QED) is 0.733. The van der Waals surface area contributed by atoms with Gasteiger partial charge >= 0.3 is 0 Å². The first kappa shape index (κ1) is 16.5. The molecule has 1 unspecified atom stereocenters. The smallest absolute Gasteiger partial charge is 0.122 e. The number of rotatable bonds is 7. The lowest BCUT2D eigenvalue weighted by Crippen LogP contribution is -2.23. The summed E-state index contributed by atoms with van der Waals surface area (Å²) in [6.45, 7) is 5.34. The molecule has 1 heterocycles. The van der Waals surface area contributed by atoms with E-state index < -0.39 is 0 Å². The van der Waals surface area contributed by atoms with E-state index in [-0.39, 0.29) is 0 Å². The van der Waals surface area contributed by atoms with Gasteiger partial charge in [-0.1, -0.05) is 24.6 Å². The molecule has 0 saturated heterocycles. The molecule has 1 atom stereocenters. The third-order valence-corrected chi connectivity index (χ3v) is 5.45. The maximum absolute atomic E-state index is 5.52. The van der Waals surface area contributed by atoms with Crippen molar-refractivity contribution < 1.29 is 4.74 Å². The predicted molar refractivity (Wildman–Crippen MR) is 94.5 cm³/mol. The summed E-state index contributed by atoms with van der Waals surface area (Å²) in [6.07, 6.45) is 2.06. The average molecular weight is 368 g/mol. The molecule has 4 heteroatoms. The molecule has 0 saturated carbocycles. The molecule has 2 nitrogen and oxygen atoms in total. The number of thiophene rings is 1. The van der Waals surface area contributed by atoms with Crippen molar-refractivity contribution in [3.05, 3.63) is 50.1 Å². The van der Waals surface area contributed by atoms with Crippen molar-refractivity contribution in [1.82, 2.24) is 5.32 Å². The SMILES string of the molecule is CCCNC(Cc1cc(C)ccc1OC)c1sccc1Br. The van der Waals surface area contributed by atoms with Gasteiger partial charge in [0.1, 0.15) is 5.75 Å². The first-order valence-corrected chi connectivity index (χ1v) is 8.92. The van der Waals surface area contributed by atoms with Gasteiger partial charge in [-0.05, 0) is 65.3 Å². The van der Waals surface area contributed by atoms with Crippen LogP contribution in [0.4, 0.5) is 0 Å². The lowest BCUT2D eigenvalue weighted by atomic mass is 10.0. The number of hydrogen-bond donors (Lipinski definition) is 1. The zero-order chi connectivity index (χ0) is 15.2. The Hall–Kier alpha value is -0.840. The summed E-state index contributed by atoms with van der Waals surface area (Å²) < 4.78 is 6.70. The molecule has 0 aliphatic carbocycles. The second-order valence-corrected chi connectivity index (χ2v) is 6.96. The molecule has 0 aliphatic rings. The number of hydrogen-bond acceptors (Lipinski definition) is 3. The number of nitrogens with one attached hydrogen (secondary N) is 1. The van der Waals surface area contributed by atoms with E-state index in [1.807, 2.05) is 0 Å². The molecule has 1 N–H and O–H groups in total. The van der Waals surface area contributed by atoms with Gasteiger partial charge in [-0.3, -0.25) is 0 Å². The minimum Gasteiger partial charge on any atom is -0.496 e. The first-order chi connectivity index (χ1) is 10.2. The second kappa shape index (κ2) is 7.97. The van der Waals surface area contributed by atoms with Gasteiger partial charge in [-0.2, -0.15) is 0 Å². The van der Waals surface area contributed by atoms with Gasteiger partial charge in [-0.15, -0.1) is 11.3 Å². The summed E-state index contributed by atoms with van der Waals surface area (Å²) >= 11 is 5.46. The van der Waals surface area contributed by atoms with Crippen LogP contribution < -0.4 is 10.1 Å². The first-order valence-electron chi connectivity index (χ1n) is 7.25. The summed E-state index contributed by atoms with van der Waals surface area (Å²) in [5.74, 6) is 0.969. The minimum absolute atomic E-state index is 0.315. The molecule has 0 amide bonds. The zero-order valence-corrected chi connectivity index (χ0v) is 15.2. The molecular formula is C17H22BrNOS. The lowest BCUT2D eigenvalue weighted by molar-refractivity contribution is 0.405. The Kier molecular flexibility index (Phi) is 6.27. The van der Waals surface area contributed by atoms with Gasteiger partial charge < -0.3 is 10.1 Å².